The van der Waals surface area contributed by atoms with Gasteiger partial charge >= 0.3 is 5.97 Å². The van der Waals surface area contributed by atoms with Crippen LogP contribution >= 0.6 is 0 Å². The molecule has 0 aliphatic rings. The van der Waals surface area contributed by atoms with Gasteiger partial charge in [-0.1, -0.05) is 6.07 Å². The molecular formula is C12H14N4O3. The molecule has 0 atom stereocenters. The number of carbonyl (C=O) groups excluding carboxylic acids is 1. The molecule has 2 heterocycles. The van der Waals surface area contributed by atoms with Gasteiger partial charge in [0.15, 0.2) is 5.69 Å². The first-order valence-corrected chi connectivity index (χ1v) is 5.54. The molecule has 100 valence electrons. The predicted molar refractivity (Wildman–Crippen MR) is 67.9 cm³/mol. The highest BCUT2D eigenvalue weighted by molar-refractivity contribution is 5.92. The zero-order chi connectivity index (χ0) is 13.8. The van der Waals surface area contributed by atoms with Gasteiger partial charge in [-0.15, -0.1) is 0 Å². The summed E-state index contributed by atoms with van der Waals surface area (Å²) in [4.78, 5) is 15.5. The van der Waals surface area contributed by atoms with Crippen molar-refractivity contribution in [2.45, 2.75) is 6.54 Å². The predicted octanol–water partition coefficient (Wildman–Crippen LogP) is 0.704. The maximum atomic E-state index is 11.4. The first-order chi connectivity index (χ1) is 9.15. The second-order valence-electron chi connectivity index (χ2n) is 3.79. The number of carbonyl (C=O) groups is 1. The van der Waals surface area contributed by atoms with Crippen molar-refractivity contribution < 1.29 is 14.3 Å². The van der Waals surface area contributed by atoms with Crippen molar-refractivity contribution in [1.82, 2.24) is 14.8 Å². The molecule has 0 saturated carbocycles. The standard InChI is InChI=1S/C12H14N4O3/c1-18-11-8(4-3-5-14-11)6-16-7-9(13)10(15-16)12(17)19-2/h3-5,7H,6,13H2,1-2H3. The third-order valence-electron chi connectivity index (χ3n) is 2.54. The van der Waals surface area contributed by atoms with Crippen molar-refractivity contribution in [2.24, 2.45) is 0 Å². The van der Waals surface area contributed by atoms with E-state index in [-0.39, 0.29) is 11.4 Å². The molecule has 0 bridgehead atoms. The Balaban J connectivity index is 2.27. The van der Waals surface area contributed by atoms with Gasteiger partial charge in [-0.3, -0.25) is 4.68 Å². The molecule has 0 aliphatic carbocycles. The number of anilines is 1. The molecule has 0 spiro atoms. The normalized spacial score (nSPS) is 10.2. The smallest absolute Gasteiger partial charge is 0.360 e. The van der Waals surface area contributed by atoms with Crippen LogP contribution in [0.3, 0.4) is 0 Å². The van der Waals surface area contributed by atoms with Crippen LogP contribution in [-0.2, 0) is 11.3 Å². The molecule has 7 nitrogen and oxygen atoms in total. The van der Waals surface area contributed by atoms with Crippen molar-refractivity contribution >= 4 is 11.7 Å². The van der Waals surface area contributed by atoms with Crippen LogP contribution in [0.5, 0.6) is 5.88 Å². The Morgan fingerprint density at radius 3 is 2.95 bits per heavy atom. The molecule has 0 aliphatic heterocycles. The van der Waals surface area contributed by atoms with E-state index in [1.54, 1.807) is 30.3 Å². The van der Waals surface area contributed by atoms with Crippen LogP contribution in [0, 0.1) is 0 Å². The lowest BCUT2D eigenvalue weighted by molar-refractivity contribution is 0.0594. The average Bonchev–Trinajstić information content (AvgIpc) is 2.79. The number of rotatable bonds is 4. The topological polar surface area (TPSA) is 92.3 Å². The molecule has 2 N–H and O–H groups in total. The van der Waals surface area contributed by atoms with Gasteiger partial charge in [0.25, 0.3) is 0 Å². The van der Waals surface area contributed by atoms with E-state index in [0.29, 0.717) is 12.4 Å². The first-order valence-electron chi connectivity index (χ1n) is 5.54. The molecule has 0 saturated heterocycles. The first kappa shape index (κ1) is 12.9. The molecule has 2 rings (SSSR count). The van der Waals surface area contributed by atoms with Crippen molar-refractivity contribution in [2.75, 3.05) is 20.0 Å². The number of ether oxygens (including phenoxy) is 2. The maximum Gasteiger partial charge on any atom is 0.360 e. The molecule has 0 amide bonds. The zero-order valence-electron chi connectivity index (χ0n) is 10.7. The molecule has 19 heavy (non-hydrogen) atoms. The number of nitrogens with two attached hydrogens (primary N) is 1. The monoisotopic (exact) mass is 262 g/mol. The van der Waals surface area contributed by atoms with E-state index in [2.05, 4.69) is 14.8 Å². The highest BCUT2D eigenvalue weighted by Gasteiger charge is 2.15. The summed E-state index contributed by atoms with van der Waals surface area (Å²) in [5.41, 5.74) is 6.92. The number of nitrogens with zero attached hydrogens (tertiary/aromatic N) is 3. The number of hydrogen-bond donors (Lipinski definition) is 1. The fourth-order valence-electron chi connectivity index (χ4n) is 1.68. The van der Waals surface area contributed by atoms with Crippen LogP contribution in [0.4, 0.5) is 5.69 Å². The fourth-order valence-corrected chi connectivity index (χ4v) is 1.68. The van der Waals surface area contributed by atoms with Crippen LogP contribution < -0.4 is 10.5 Å². The van der Waals surface area contributed by atoms with Gasteiger partial charge in [-0.05, 0) is 6.07 Å². The number of hydrogen-bond acceptors (Lipinski definition) is 6. The van der Waals surface area contributed by atoms with Crippen LogP contribution in [0.2, 0.25) is 0 Å². The summed E-state index contributed by atoms with van der Waals surface area (Å²) in [7, 11) is 2.83. The minimum absolute atomic E-state index is 0.102. The van der Waals surface area contributed by atoms with E-state index >= 15 is 0 Å². The van der Waals surface area contributed by atoms with Gasteiger partial charge in [0.1, 0.15) is 0 Å². The number of aromatic nitrogens is 3. The molecule has 2 aromatic heterocycles. The maximum absolute atomic E-state index is 11.4. The molecule has 0 aromatic carbocycles. The van der Waals surface area contributed by atoms with E-state index < -0.39 is 5.97 Å². The summed E-state index contributed by atoms with van der Waals surface area (Å²) in [5.74, 6) is -0.0504. The summed E-state index contributed by atoms with van der Waals surface area (Å²) in [6, 6.07) is 3.66. The van der Waals surface area contributed by atoms with E-state index in [1.807, 2.05) is 6.07 Å². The van der Waals surface area contributed by atoms with Gasteiger partial charge in [0, 0.05) is 18.0 Å². The number of pyridine rings is 1. The van der Waals surface area contributed by atoms with Crippen LogP contribution in [0.25, 0.3) is 0 Å². The van der Waals surface area contributed by atoms with E-state index in [1.165, 1.54) is 7.11 Å². The highest BCUT2D eigenvalue weighted by Crippen LogP contribution is 2.17. The molecular weight excluding hydrogens is 248 g/mol. The van der Waals surface area contributed by atoms with Crippen molar-refractivity contribution in [1.29, 1.82) is 0 Å². The van der Waals surface area contributed by atoms with E-state index in [9.17, 15) is 4.79 Å². The largest absolute Gasteiger partial charge is 0.481 e. The van der Waals surface area contributed by atoms with Gasteiger partial charge in [-0.2, -0.15) is 5.10 Å². The van der Waals surface area contributed by atoms with E-state index in [0.717, 1.165) is 5.56 Å². The summed E-state index contributed by atoms with van der Waals surface area (Å²) in [6.45, 7) is 0.401. The molecule has 7 heteroatoms. The quantitative estimate of drug-likeness (QED) is 0.815. The van der Waals surface area contributed by atoms with Crippen molar-refractivity contribution in [3.05, 3.63) is 35.8 Å². The van der Waals surface area contributed by atoms with Gasteiger partial charge in [0.05, 0.1) is 26.5 Å². The average molecular weight is 262 g/mol. The molecule has 0 fully saturated rings. The Bertz CT molecular complexity index is 594. The zero-order valence-corrected chi connectivity index (χ0v) is 10.7. The summed E-state index contributed by atoms with van der Waals surface area (Å²) < 4.78 is 11.3. The second kappa shape index (κ2) is 5.38. The van der Waals surface area contributed by atoms with Gasteiger partial charge in [0.2, 0.25) is 5.88 Å². The highest BCUT2D eigenvalue weighted by atomic mass is 16.5. The Morgan fingerprint density at radius 2 is 2.26 bits per heavy atom. The summed E-state index contributed by atoms with van der Waals surface area (Å²) in [6.07, 6.45) is 3.21. The van der Waals surface area contributed by atoms with Gasteiger partial charge < -0.3 is 15.2 Å². The summed E-state index contributed by atoms with van der Waals surface area (Å²) in [5, 5.41) is 4.09. The van der Waals surface area contributed by atoms with E-state index in [4.69, 9.17) is 10.5 Å². The third-order valence-corrected chi connectivity index (χ3v) is 2.54. The number of methoxy groups -OCH3 is 2. The second-order valence-corrected chi connectivity index (χ2v) is 3.79. The number of esters is 1. The van der Waals surface area contributed by atoms with Crippen LogP contribution in [-0.4, -0.2) is 35.0 Å². The lowest BCUT2D eigenvalue weighted by Gasteiger charge is -2.06. The minimum Gasteiger partial charge on any atom is -0.481 e. The Labute approximate surface area is 110 Å². The Morgan fingerprint density at radius 1 is 1.47 bits per heavy atom. The lowest BCUT2D eigenvalue weighted by atomic mass is 10.3. The molecule has 0 unspecified atom stereocenters. The van der Waals surface area contributed by atoms with Crippen LogP contribution in [0.15, 0.2) is 24.5 Å². The van der Waals surface area contributed by atoms with Gasteiger partial charge in [-0.25, -0.2) is 9.78 Å². The van der Waals surface area contributed by atoms with Crippen molar-refractivity contribution in [3.63, 3.8) is 0 Å². The van der Waals surface area contributed by atoms with Crippen LogP contribution in [0.1, 0.15) is 16.1 Å². The number of nitrogen functional groups attached to an aromatic ring is 1. The third kappa shape index (κ3) is 2.65. The Kier molecular flexibility index (Phi) is 3.65. The molecule has 2 aromatic rings. The minimum atomic E-state index is -0.561. The van der Waals surface area contributed by atoms with Crippen molar-refractivity contribution in [3.8, 4) is 5.88 Å². The SMILES string of the molecule is COC(=O)c1nn(Cc2cccnc2OC)cc1N. The summed E-state index contributed by atoms with van der Waals surface area (Å²) >= 11 is 0. The Hall–Kier alpha value is -2.57. The fraction of sp³-hybridized carbons (Fsp3) is 0.250. The molecule has 0 radical (unpaired) electrons. The lowest BCUT2D eigenvalue weighted by Crippen LogP contribution is -2.07.